The van der Waals surface area contributed by atoms with Crippen LogP contribution in [0, 0.1) is 5.92 Å². The minimum Gasteiger partial charge on any atom is -0.497 e. The van der Waals surface area contributed by atoms with Crippen LogP contribution in [0.1, 0.15) is 33.6 Å². The lowest BCUT2D eigenvalue weighted by molar-refractivity contribution is -0.117. The first-order valence-corrected chi connectivity index (χ1v) is 7.27. The molecule has 0 radical (unpaired) electrons. The van der Waals surface area contributed by atoms with E-state index in [2.05, 4.69) is 19.2 Å². The lowest BCUT2D eigenvalue weighted by Gasteiger charge is -2.15. The summed E-state index contributed by atoms with van der Waals surface area (Å²) in [6, 6.07) is 5.16. The molecule has 0 aliphatic carbocycles. The van der Waals surface area contributed by atoms with Gasteiger partial charge in [0.1, 0.15) is 5.75 Å². The molecule has 0 aromatic heterocycles. The van der Waals surface area contributed by atoms with Gasteiger partial charge in [-0.15, -0.1) is 0 Å². The van der Waals surface area contributed by atoms with Crippen molar-refractivity contribution in [3.63, 3.8) is 0 Å². The first kappa shape index (κ1) is 17.3. The third-order valence-electron chi connectivity index (χ3n) is 3.07. The van der Waals surface area contributed by atoms with Gasteiger partial charge in [-0.25, -0.2) is 0 Å². The molecule has 5 heteroatoms. The van der Waals surface area contributed by atoms with Crippen molar-refractivity contribution >= 4 is 17.3 Å². The van der Waals surface area contributed by atoms with E-state index in [0.29, 0.717) is 36.1 Å². The molecule has 0 saturated heterocycles. The zero-order valence-corrected chi connectivity index (χ0v) is 13.3. The third-order valence-corrected chi connectivity index (χ3v) is 3.07. The number of nitrogen functional groups attached to an aromatic ring is 1. The summed E-state index contributed by atoms with van der Waals surface area (Å²) < 4.78 is 10.7. The van der Waals surface area contributed by atoms with Crippen molar-refractivity contribution in [3.05, 3.63) is 18.2 Å². The highest BCUT2D eigenvalue weighted by atomic mass is 16.5. The third kappa shape index (κ3) is 6.49. The molecule has 1 aromatic carbocycles. The molecular weight excluding hydrogens is 268 g/mol. The number of nitrogens with two attached hydrogens (primary N) is 1. The Balaban J connectivity index is 2.40. The number of ether oxygens (including phenoxy) is 2. The zero-order chi connectivity index (χ0) is 15.8. The van der Waals surface area contributed by atoms with Gasteiger partial charge in [0.2, 0.25) is 5.91 Å². The summed E-state index contributed by atoms with van der Waals surface area (Å²) in [6.45, 7) is 6.73. The molecular formula is C16H26N2O3. The summed E-state index contributed by atoms with van der Waals surface area (Å²) >= 11 is 0. The summed E-state index contributed by atoms with van der Waals surface area (Å²) in [5.74, 6) is 1.12. The lowest BCUT2D eigenvalue weighted by atomic mass is 10.1. The Morgan fingerprint density at radius 3 is 2.67 bits per heavy atom. The molecule has 0 saturated carbocycles. The largest absolute Gasteiger partial charge is 0.497 e. The molecule has 0 heterocycles. The van der Waals surface area contributed by atoms with Gasteiger partial charge in [0, 0.05) is 6.07 Å². The Bertz CT molecular complexity index is 461. The first-order chi connectivity index (χ1) is 9.92. The van der Waals surface area contributed by atoms with Gasteiger partial charge < -0.3 is 20.5 Å². The minimum absolute atomic E-state index is 0.119. The molecule has 0 spiro atoms. The van der Waals surface area contributed by atoms with Crippen LogP contribution in [0.2, 0.25) is 0 Å². The molecule has 0 aliphatic heterocycles. The van der Waals surface area contributed by atoms with Crippen LogP contribution in [0.25, 0.3) is 0 Å². The Kier molecular flexibility index (Phi) is 7.02. The van der Waals surface area contributed by atoms with E-state index in [1.807, 2.05) is 6.92 Å². The fourth-order valence-electron chi connectivity index (χ4n) is 2.07. The van der Waals surface area contributed by atoms with Crippen LogP contribution in [0.5, 0.6) is 5.75 Å². The smallest absolute Gasteiger partial charge is 0.226 e. The molecule has 0 fully saturated rings. The number of anilines is 2. The summed E-state index contributed by atoms with van der Waals surface area (Å²) in [5.41, 5.74) is 6.90. The highest BCUT2D eigenvalue weighted by Crippen LogP contribution is 2.24. The van der Waals surface area contributed by atoms with Crippen molar-refractivity contribution in [3.8, 4) is 5.75 Å². The molecule has 0 aliphatic rings. The van der Waals surface area contributed by atoms with E-state index in [1.54, 1.807) is 25.3 Å². The maximum atomic E-state index is 11.9. The van der Waals surface area contributed by atoms with Crippen LogP contribution < -0.4 is 15.8 Å². The fraction of sp³-hybridized carbons (Fsp3) is 0.562. The Morgan fingerprint density at radius 2 is 2.05 bits per heavy atom. The Morgan fingerprint density at radius 1 is 1.33 bits per heavy atom. The average molecular weight is 294 g/mol. The van der Waals surface area contributed by atoms with E-state index in [9.17, 15) is 4.79 Å². The maximum absolute atomic E-state index is 11.9. The number of nitrogens with one attached hydrogen (secondary N) is 1. The van der Waals surface area contributed by atoms with Gasteiger partial charge in [0.15, 0.2) is 0 Å². The van der Waals surface area contributed by atoms with Crippen molar-refractivity contribution in [2.75, 3.05) is 24.8 Å². The lowest BCUT2D eigenvalue weighted by Crippen LogP contribution is -2.18. The fourth-order valence-corrected chi connectivity index (χ4v) is 2.07. The van der Waals surface area contributed by atoms with E-state index in [-0.39, 0.29) is 12.0 Å². The van der Waals surface area contributed by atoms with Crippen molar-refractivity contribution < 1.29 is 14.3 Å². The summed E-state index contributed by atoms with van der Waals surface area (Å²) in [5, 5.41) is 2.78. The normalized spacial score (nSPS) is 12.2. The molecule has 1 rings (SSSR count). The minimum atomic E-state index is -0.119. The van der Waals surface area contributed by atoms with E-state index >= 15 is 0 Å². The van der Waals surface area contributed by atoms with Gasteiger partial charge in [-0.3, -0.25) is 4.79 Å². The predicted octanol–water partition coefficient (Wildman–Crippen LogP) is 3.06. The van der Waals surface area contributed by atoms with E-state index < -0.39 is 0 Å². The van der Waals surface area contributed by atoms with Crippen molar-refractivity contribution in [2.45, 2.75) is 39.7 Å². The summed E-state index contributed by atoms with van der Waals surface area (Å²) in [6.07, 6.45) is 1.46. The SMILES string of the molecule is COc1ccc(N)c(NC(=O)CCOC(C)CC(C)C)c1. The van der Waals surface area contributed by atoms with Gasteiger partial charge in [-0.05, 0) is 31.4 Å². The molecule has 5 nitrogen and oxygen atoms in total. The van der Waals surface area contributed by atoms with Crippen LogP contribution in [0.3, 0.4) is 0 Å². The molecule has 0 bridgehead atoms. The summed E-state index contributed by atoms with van der Waals surface area (Å²) in [4.78, 5) is 11.9. The molecule has 1 aromatic rings. The topological polar surface area (TPSA) is 73.6 Å². The monoisotopic (exact) mass is 294 g/mol. The molecule has 3 N–H and O–H groups in total. The number of amides is 1. The first-order valence-electron chi connectivity index (χ1n) is 7.27. The van der Waals surface area contributed by atoms with Crippen LogP contribution in [-0.2, 0) is 9.53 Å². The van der Waals surface area contributed by atoms with Crippen LogP contribution in [0.15, 0.2) is 18.2 Å². The second kappa shape index (κ2) is 8.52. The van der Waals surface area contributed by atoms with E-state index in [1.165, 1.54) is 0 Å². The van der Waals surface area contributed by atoms with E-state index in [4.69, 9.17) is 15.2 Å². The van der Waals surface area contributed by atoms with Crippen LogP contribution >= 0.6 is 0 Å². The second-order valence-corrected chi connectivity index (χ2v) is 5.56. The summed E-state index contributed by atoms with van der Waals surface area (Å²) in [7, 11) is 1.57. The standard InChI is InChI=1S/C16H26N2O3/c1-11(2)9-12(3)21-8-7-16(19)18-15-10-13(20-4)5-6-14(15)17/h5-6,10-12H,7-9,17H2,1-4H3,(H,18,19). The van der Waals surface area contributed by atoms with Crippen molar-refractivity contribution in [1.29, 1.82) is 0 Å². The number of methoxy groups -OCH3 is 1. The molecule has 1 amide bonds. The van der Waals surface area contributed by atoms with Gasteiger partial charge in [0.05, 0.1) is 37.6 Å². The van der Waals surface area contributed by atoms with Gasteiger partial charge >= 0.3 is 0 Å². The molecule has 118 valence electrons. The highest BCUT2D eigenvalue weighted by Gasteiger charge is 2.09. The van der Waals surface area contributed by atoms with Gasteiger partial charge in [0.25, 0.3) is 0 Å². The quantitative estimate of drug-likeness (QED) is 0.723. The Labute approximate surface area is 126 Å². The number of rotatable bonds is 8. The van der Waals surface area contributed by atoms with Gasteiger partial charge in [-0.1, -0.05) is 13.8 Å². The number of carbonyl (C=O) groups excluding carboxylic acids is 1. The molecule has 21 heavy (non-hydrogen) atoms. The number of benzene rings is 1. The second-order valence-electron chi connectivity index (χ2n) is 5.56. The number of carbonyl (C=O) groups is 1. The number of hydrogen-bond donors (Lipinski definition) is 2. The van der Waals surface area contributed by atoms with Crippen molar-refractivity contribution in [2.24, 2.45) is 5.92 Å². The predicted molar refractivity (Wildman–Crippen MR) is 85.5 cm³/mol. The van der Waals surface area contributed by atoms with Crippen LogP contribution in [0.4, 0.5) is 11.4 Å². The maximum Gasteiger partial charge on any atom is 0.226 e. The van der Waals surface area contributed by atoms with E-state index in [0.717, 1.165) is 6.42 Å². The molecule has 1 atom stereocenters. The number of hydrogen-bond acceptors (Lipinski definition) is 4. The average Bonchev–Trinajstić information content (AvgIpc) is 2.40. The van der Waals surface area contributed by atoms with Crippen LogP contribution in [-0.4, -0.2) is 25.7 Å². The zero-order valence-electron chi connectivity index (χ0n) is 13.3. The van der Waals surface area contributed by atoms with Gasteiger partial charge in [-0.2, -0.15) is 0 Å². The van der Waals surface area contributed by atoms with Crippen molar-refractivity contribution in [1.82, 2.24) is 0 Å². The highest BCUT2D eigenvalue weighted by molar-refractivity contribution is 5.94. The molecule has 1 unspecified atom stereocenters. The Hall–Kier alpha value is -1.75.